The van der Waals surface area contributed by atoms with Crippen molar-refractivity contribution in [3.63, 3.8) is 0 Å². The molecule has 0 spiro atoms. The molecule has 25 heavy (non-hydrogen) atoms. The van der Waals surface area contributed by atoms with Gasteiger partial charge >= 0.3 is 0 Å². The number of carbonyl (C=O) groups excluding carboxylic acids is 1. The summed E-state index contributed by atoms with van der Waals surface area (Å²) in [4.78, 5) is 13.5. The van der Waals surface area contributed by atoms with E-state index in [0.717, 1.165) is 28.4 Å². The Hall–Kier alpha value is -3.20. The van der Waals surface area contributed by atoms with Crippen LogP contribution in [0.2, 0.25) is 0 Å². The van der Waals surface area contributed by atoms with Crippen LogP contribution >= 0.6 is 0 Å². The van der Waals surface area contributed by atoms with Crippen LogP contribution in [-0.4, -0.2) is 36.3 Å². The number of likely N-dealkylation sites (N-methyl/N-ethyl adjacent to an activating group) is 1. The Morgan fingerprint density at radius 3 is 2.64 bits per heavy atom. The summed E-state index contributed by atoms with van der Waals surface area (Å²) in [5.41, 5.74) is 3.82. The van der Waals surface area contributed by atoms with Crippen LogP contribution in [0.4, 0.5) is 0 Å². The number of hydrogen-bond donors (Lipinski definition) is 0. The third-order valence-corrected chi connectivity index (χ3v) is 4.14. The van der Waals surface area contributed by atoms with Gasteiger partial charge in [-0.25, -0.2) is 0 Å². The van der Waals surface area contributed by atoms with E-state index < -0.39 is 0 Å². The summed E-state index contributed by atoms with van der Waals surface area (Å²) >= 11 is 0. The Bertz CT molecular complexity index is 917. The van der Waals surface area contributed by atoms with Crippen molar-refractivity contribution < 1.29 is 14.3 Å². The summed E-state index contributed by atoms with van der Waals surface area (Å²) in [6.45, 7) is 4.17. The number of carbonyl (C=O) groups is 1. The molecule has 3 rings (SSSR count). The largest absolute Gasteiger partial charge is 0.454 e. The van der Waals surface area contributed by atoms with Crippen molar-refractivity contribution >= 4 is 12.0 Å². The molecule has 0 N–H and O–H groups in total. The first-order chi connectivity index (χ1) is 11.9. The summed E-state index contributed by atoms with van der Waals surface area (Å²) < 4.78 is 12.9. The first kappa shape index (κ1) is 16.7. The Kier molecular flexibility index (Phi) is 4.24. The van der Waals surface area contributed by atoms with E-state index in [0.29, 0.717) is 5.75 Å². The zero-order valence-corrected chi connectivity index (χ0v) is 14.7. The maximum Gasteiger partial charge on any atom is 0.264 e. The molecule has 0 radical (unpaired) electrons. The Morgan fingerprint density at radius 1 is 1.24 bits per heavy atom. The van der Waals surface area contributed by atoms with Crippen LogP contribution in [0.5, 0.6) is 11.5 Å². The molecule has 6 nitrogen and oxygen atoms in total. The van der Waals surface area contributed by atoms with Gasteiger partial charge in [0.25, 0.3) is 5.91 Å². The molecule has 2 aromatic rings. The molecule has 2 heterocycles. The lowest BCUT2D eigenvalue weighted by Crippen LogP contribution is -2.22. The minimum Gasteiger partial charge on any atom is -0.454 e. The van der Waals surface area contributed by atoms with Crippen LogP contribution in [0.25, 0.3) is 11.8 Å². The monoisotopic (exact) mass is 337 g/mol. The number of aryl methyl sites for hydroxylation is 1. The van der Waals surface area contributed by atoms with Crippen LogP contribution in [0, 0.1) is 25.2 Å². The van der Waals surface area contributed by atoms with Gasteiger partial charge in [-0.1, -0.05) is 0 Å². The molecule has 0 atom stereocenters. The molecule has 0 bridgehead atoms. The van der Waals surface area contributed by atoms with Crippen LogP contribution < -0.4 is 9.47 Å². The van der Waals surface area contributed by atoms with E-state index in [1.807, 2.05) is 44.2 Å². The van der Waals surface area contributed by atoms with Gasteiger partial charge in [0.05, 0.1) is 0 Å². The highest BCUT2D eigenvalue weighted by molar-refractivity contribution is 6.01. The molecule has 0 saturated heterocycles. The molecule has 0 unspecified atom stereocenters. The molecular formula is C19H19N3O3. The fourth-order valence-corrected chi connectivity index (χ4v) is 2.89. The molecule has 128 valence electrons. The summed E-state index contributed by atoms with van der Waals surface area (Å²) in [5, 5.41) is 9.29. The van der Waals surface area contributed by atoms with Crippen molar-refractivity contribution in [2.24, 2.45) is 0 Å². The molecule has 1 aromatic heterocycles. The number of aromatic nitrogens is 1. The topological polar surface area (TPSA) is 67.5 Å². The number of fused-ring (bicyclic) bond motifs is 1. The van der Waals surface area contributed by atoms with Crippen molar-refractivity contribution in [1.29, 1.82) is 5.26 Å². The highest BCUT2D eigenvalue weighted by atomic mass is 16.7. The van der Waals surface area contributed by atoms with Gasteiger partial charge in [0.1, 0.15) is 11.6 Å². The van der Waals surface area contributed by atoms with Gasteiger partial charge < -0.3 is 18.9 Å². The van der Waals surface area contributed by atoms with E-state index in [2.05, 4.69) is 4.57 Å². The maximum atomic E-state index is 12.1. The summed E-state index contributed by atoms with van der Waals surface area (Å²) in [6, 6.07) is 9.70. The molecule has 1 amide bonds. The normalized spacial score (nSPS) is 12.8. The van der Waals surface area contributed by atoms with Gasteiger partial charge in [0.15, 0.2) is 11.5 Å². The van der Waals surface area contributed by atoms with E-state index in [-0.39, 0.29) is 18.3 Å². The van der Waals surface area contributed by atoms with Gasteiger partial charge in [-0.2, -0.15) is 5.26 Å². The van der Waals surface area contributed by atoms with Gasteiger partial charge in [-0.15, -0.1) is 0 Å². The molecule has 1 aliphatic rings. The SMILES string of the molecule is Cc1cc(/C=C(/C#N)C(=O)N(C)C)c(C)n1-c1ccc2c(c1)OCO2. The van der Waals surface area contributed by atoms with E-state index in [9.17, 15) is 10.1 Å². The number of ether oxygens (including phenoxy) is 2. The van der Waals surface area contributed by atoms with E-state index >= 15 is 0 Å². The molecule has 0 saturated carbocycles. The lowest BCUT2D eigenvalue weighted by atomic mass is 10.1. The molecule has 6 heteroatoms. The van der Waals surface area contributed by atoms with Gasteiger partial charge in [-0.05, 0) is 43.7 Å². The summed E-state index contributed by atoms with van der Waals surface area (Å²) in [6.07, 6.45) is 1.63. The standard InChI is InChI=1S/C19H19N3O3/c1-12-7-14(8-15(10-20)19(23)21(3)4)13(2)22(12)16-5-6-17-18(9-16)25-11-24-17/h5-9H,11H2,1-4H3/b15-8-. The Morgan fingerprint density at radius 2 is 1.96 bits per heavy atom. The number of benzene rings is 1. The second-order valence-corrected chi connectivity index (χ2v) is 6.07. The first-order valence-corrected chi connectivity index (χ1v) is 7.84. The van der Waals surface area contributed by atoms with E-state index in [1.165, 1.54) is 4.90 Å². The van der Waals surface area contributed by atoms with Crippen LogP contribution in [0.1, 0.15) is 17.0 Å². The summed E-state index contributed by atoms with van der Waals surface area (Å²) in [5.74, 6) is 1.13. The average Bonchev–Trinajstić information content (AvgIpc) is 3.15. The van der Waals surface area contributed by atoms with Gasteiger partial charge in [0.2, 0.25) is 6.79 Å². The minimum absolute atomic E-state index is 0.107. The highest BCUT2D eigenvalue weighted by Crippen LogP contribution is 2.35. The fourth-order valence-electron chi connectivity index (χ4n) is 2.89. The average molecular weight is 337 g/mol. The first-order valence-electron chi connectivity index (χ1n) is 7.84. The second-order valence-electron chi connectivity index (χ2n) is 6.07. The second kappa shape index (κ2) is 6.36. The maximum absolute atomic E-state index is 12.1. The fraction of sp³-hybridized carbons (Fsp3) is 0.263. The molecular weight excluding hydrogens is 318 g/mol. The van der Waals surface area contributed by atoms with E-state index in [4.69, 9.17) is 9.47 Å². The van der Waals surface area contributed by atoms with Crippen LogP contribution in [-0.2, 0) is 4.79 Å². The minimum atomic E-state index is -0.310. The van der Waals surface area contributed by atoms with Crippen molar-refractivity contribution in [3.8, 4) is 23.3 Å². The van der Waals surface area contributed by atoms with E-state index in [1.54, 1.807) is 20.2 Å². The zero-order valence-electron chi connectivity index (χ0n) is 14.7. The molecule has 0 fully saturated rings. The van der Waals surface area contributed by atoms with Crippen LogP contribution in [0.3, 0.4) is 0 Å². The number of amides is 1. The Balaban J connectivity index is 2.05. The Labute approximate surface area is 146 Å². The van der Waals surface area contributed by atoms with Crippen LogP contribution in [0.15, 0.2) is 29.8 Å². The summed E-state index contributed by atoms with van der Waals surface area (Å²) in [7, 11) is 3.26. The molecule has 0 aliphatic carbocycles. The number of nitrogens with zero attached hydrogens (tertiary/aromatic N) is 3. The smallest absolute Gasteiger partial charge is 0.264 e. The quantitative estimate of drug-likeness (QED) is 0.638. The lowest BCUT2D eigenvalue weighted by Gasteiger charge is -2.11. The lowest BCUT2D eigenvalue weighted by molar-refractivity contribution is -0.124. The number of hydrogen-bond acceptors (Lipinski definition) is 4. The van der Waals surface area contributed by atoms with Crippen molar-refractivity contribution in [2.45, 2.75) is 13.8 Å². The third-order valence-electron chi connectivity index (χ3n) is 4.14. The van der Waals surface area contributed by atoms with Gasteiger partial charge in [0, 0.05) is 37.2 Å². The van der Waals surface area contributed by atoms with Crippen molar-refractivity contribution in [2.75, 3.05) is 20.9 Å². The van der Waals surface area contributed by atoms with Crippen molar-refractivity contribution in [1.82, 2.24) is 9.47 Å². The predicted molar refractivity (Wildman–Crippen MR) is 93.7 cm³/mol. The predicted octanol–water partition coefficient (Wildman–Crippen LogP) is 2.82. The van der Waals surface area contributed by atoms with Crippen molar-refractivity contribution in [3.05, 3.63) is 46.8 Å². The number of rotatable bonds is 3. The number of nitriles is 1. The highest BCUT2D eigenvalue weighted by Gasteiger charge is 2.17. The molecule has 1 aliphatic heterocycles. The zero-order chi connectivity index (χ0) is 18.1. The molecule has 1 aromatic carbocycles. The third kappa shape index (κ3) is 2.96. The van der Waals surface area contributed by atoms with Gasteiger partial charge in [-0.3, -0.25) is 4.79 Å².